The van der Waals surface area contributed by atoms with Crippen molar-refractivity contribution in [3.8, 4) is 0 Å². The minimum Gasteiger partial charge on any atom is -0.369 e. The van der Waals surface area contributed by atoms with Gasteiger partial charge < -0.3 is 11.1 Å². The van der Waals surface area contributed by atoms with Crippen molar-refractivity contribution in [2.24, 2.45) is 11.1 Å². The summed E-state index contributed by atoms with van der Waals surface area (Å²) in [5.74, 6) is -0.315. The molecule has 3 N–H and O–H groups in total. The Morgan fingerprint density at radius 3 is 2.63 bits per heavy atom. The van der Waals surface area contributed by atoms with Crippen molar-refractivity contribution in [2.75, 3.05) is 7.05 Å². The number of hydrogen-bond acceptors (Lipinski definition) is 2. The molecule has 0 radical (unpaired) electrons. The van der Waals surface area contributed by atoms with Crippen molar-refractivity contribution >= 4 is 23.4 Å². The van der Waals surface area contributed by atoms with E-state index in [9.17, 15) is 9.59 Å². The number of hydrogen-bond donors (Lipinski definition) is 2. The zero-order valence-electron chi connectivity index (χ0n) is 10.8. The minimum atomic E-state index is -0.421. The number of amides is 2. The molecular weight excluding hydrogens is 264 g/mol. The van der Waals surface area contributed by atoms with E-state index >= 15 is 0 Å². The van der Waals surface area contributed by atoms with Crippen molar-refractivity contribution in [3.05, 3.63) is 34.3 Å². The Balaban J connectivity index is 2.18. The van der Waals surface area contributed by atoms with Crippen LogP contribution in [0.3, 0.4) is 0 Å². The largest absolute Gasteiger partial charge is 0.369 e. The predicted molar refractivity (Wildman–Crippen MR) is 73.8 cm³/mol. The average Bonchev–Trinajstić information content (AvgIpc) is 3.14. The van der Waals surface area contributed by atoms with E-state index in [1.54, 1.807) is 13.1 Å². The summed E-state index contributed by atoms with van der Waals surface area (Å²) in [4.78, 5) is 22.8. The fourth-order valence-corrected chi connectivity index (χ4v) is 2.36. The van der Waals surface area contributed by atoms with Gasteiger partial charge in [0.15, 0.2) is 0 Å². The number of rotatable bonds is 5. The zero-order chi connectivity index (χ0) is 14.0. The number of likely N-dealkylation sites (N-methyl/N-ethyl adjacent to an activating group) is 1. The topological polar surface area (TPSA) is 72.2 Å². The van der Waals surface area contributed by atoms with Crippen molar-refractivity contribution in [3.63, 3.8) is 0 Å². The quantitative estimate of drug-likeness (QED) is 0.856. The van der Waals surface area contributed by atoms with Gasteiger partial charge in [-0.15, -0.1) is 0 Å². The number of carbonyl (C=O) groups excluding carboxylic acids is 2. The lowest BCUT2D eigenvalue weighted by atomic mass is 9.94. The van der Waals surface area contributed by atoms with Gasteiger partial charge in [0.25, 0.3) is 0 Å². The van der Waals surface area contributed by atoms with Gasteiger partial charge in [0.2, 0.25) is 11.8 Å². The first-order valence-electron chi connectivity index (χ1n) is 6.25. The van der Waals surface area contributed by atoms with Gasteiger partial charge in [0.05, 0.1) is 11.8 Å². The molecule has 2 amide bonds. The van der Waals surface area contributed by atoms with Crippen LogP contribution >= 0.6 is 11.6 Å². The fourth-order valence-electron chi connectivity index (χ4n) is 2.17. The molecule has 0 unspecified atom stereocenters. The van der Waals surface area contributed by atoms with Crippen LogP contribution in [0.25, 0.3) is 0 Å². The van der Waals surface area contributed by atoms with E-state index in [1.165, 1.54) is 0 Å². The summed E-state index contributed by atoms with van der Waals surface area (Å²) in [7, 11) is 1.60. The summed E-state index contributed by atoms with van der Waals surface area (Å²) in [6, 6.07) is 5.48. The van der Waals surface area contributed by atoms with Crippen LogP contribution in [-0.2, 0) is 22.4 Å². The first kappa shape index (κ1) is 13.9. The van der Waals surface area contributed by atoms with Crippen LogP contribution in [0.2, 0.25) is 5.02 Å². The van der Waals surface area contributed by atoms with Crippen LogP contribution in [-0.4, -0.2) is 18.9 Å². The van der Waals surface area contributed by atoms with E-state index in [-0.39, 0.29) is 11.8 Å². The van der Waals surface area contributed by atoms with Gasteiger partial charge in [0.1, 0.15) is 0 Å². The highest BCUT2D eigenvalue weighted by Crippen LogP contribution is 2.48. The van der Waals surface area contributed by atoms with Crippen molar-refractivity contribution < 1.29 is 9.59 Å². The highest BCUT2D eigenvalue weighted by atomic mass is 35.5. The van der Waals surface area contributed by atoms with Gasteiger partial charge in [-0.2, -0.15) is 0 Å². The Hall–Kier alpha value is -1.55. The molecule has 0 atom stereocenters. The molecular formula is C14H17ClN2O2. The predicted octanol–water partition coefficient (Wildman–Crippen LogP) is 1.44. The maximum Gasteiger partial charge on any atom is 0.224 e. The lowest BCUT2D eigenvalue weighted by Gasteiger charge is -2.13. The average molecular weight is 281 g/mol. The molecule has 0 heterocycles. The van der Waals surface area contributed by atoms with Crippen molar-refractivity contribution in [1.82, 2.24) is 5.32 Å². The van der Waals surface area contributed by atoms with Gasteiger partial charge >= 0.3 is 0 Å². The smallest absolute Gasteiger partial charge is 0.224 e. The molecule has 1 aromatic rings. The van der Waals surface area contributed by atoms with Crippen molar-refractivity contribution in [2.45, 2.75) is 25.7 Å². The molecule has 4 nitrogen and oxygen atoms in total. The van der Waals surface area contributed by atoms with Crippen LogP contribution in [0.15, 0.2) is 18.2 Å². The maximum absolute atomic E-state index is 11.4. The van der Waals surface area contributed by atoms with E-state index in [2.05, 4.69) is 5.32 Å². The van der Waals surface area contributed by atoms with E-state index in [1.807, 2.05) is 12.1 Å². The summed E-state index contributed by atoms with van der Waals surface area (Å²) in [6.07, 6.45) is 2.50. The number of nitrogens with one attached hydrogen (secondary N) is 1. The molecule has 1 aliphatic carbocycles. The lowest BCUT2D eigenvalue weighted by Crippen LogP contribution is -2.26. The second kappa shape index (κ2) is 5.21. The monoisotopic (exact) mass is 280 g/mol. The van der Waals surface area contributed by atoms with Gasteiger partial charge in [-0.3, -0.25) is 9.59 Å². The lowest BCUT2D eigenvalue weighted by molar-refractivity contribution is -0.123. The number of benzene rings is 1. The molecule has 1 fully saturated rings. The van der Waals surface area contributed by atoms with Crippen LogP contribution < -0.4 is 11.1 Å². The van der Waals surface area contributed by atoms with Crippen LogP contribution in [0.4, 0.5) is 0 Å². The molecule has 0 aromatic heterocycles. The second-order valence-corrected chi connectivity index (χ2v) is 5.50. The second-order valence-electron chi connectivity index (χ2n) is 5.10. The summed E-state index contributed by atoms with van der Waals surface area (Å²) in [5, 5.41) is 3.20. The third-order valence-corrected chi connectivity index (χ3v) is 4.03. The molecule has 1 saturated carbocycles. The molecule has 0 saturated heterocycles. The Bertz CT molecular complexity index is 524. The summed E-state index contributed by atoms with van der Waals surface area (Å²) >= 11 is 6.15. The number of nitrogens with two attached hydrogens (primary N) is 1. The highest BCUT2D eigenvalue weighted by Gasteiger charge is 2.48. The Labute approximate surface area is 117 Å². The van der Waals surface area contributed by atoms with Gasteiger partial charge in [-0.05, 0) is 36.5 Å². The van der Waals surface area contributed by atoms with Crippen molar-refractivity contribution in [1.29, 1.82) is 0 Å². The molecule has 2 rings (SSSR count). The molecule has 0 aliphatic heterocycles. The molecule has 1 aliphatic rings. The number of carbonyl (C=O) groups is 2. The highest BCUT2D eigenvalue weighted by molar-refractivity contribution is 6.31. The molecule has 19 heavy (non-hydrogen) atoms. The Kier molecular flexibility index (Phi) is 3.80. The molecule has 0 spiro atoms. The van der Waals surface area contributed by atoms with E-state index in [4.69, 9.17) is 17.3 Å². The normalized spacial score (nSPS) is 15.9. The first-order valence-corrected chi connectivity index (χ1v) is 6.62. The number of primary amides is 1. The SMILES string of the molecule is CNC(=O)Cc1ccc(Cl)c(CC2(C(N)=O)CC2)c1. The van der Waals surface area contributed by atoms with E-state index in [0.29, 0.717) is 17.9 Å². The van der Waals surface area contributed by atoms with Crippen LogP contribution in [0.5, 0.6) is 0 Å². The fraction of sp³-hybridized carbons (Fsp3) is 0.429. The molecule has 0 bridgehead atoms. The first-order chi connectivity index (χ1) is 8.97. The standard InChI is InChI=1S/C14H17ClN2O2/c1-17-12(18)7-9-2-3-11(15)10(6-9)8-14(4-5-14)13(16)19/h2-3,6H,4-5,7-8H2,1H3,(H2,16,19)(H,17,18). The van der Waals surface area contributed by atoms with Crippen LogP contribution in [0.1, 0.15) is 24.0 Å². The Morgan fingerprint density at radius 2 is 2.11 bits per heavy atom. The minimum absolute atomic E-state index is 0.0516. The van der Waals surface area contributed by atoms with Gasteiger partial charge in [0, 0.05) is 12.1 Å². The third kappa shape index (κ3) is 3.07. The summed E-state index contributed by atoms with van der Waals surface area (Å²) in [6.45, 7) is 0. The zero-order valence-corrected chi connectivity index (χ0v) is 11.6. The summed E-state index contributed by atoms with van der Waals surface area (Å²) < 4.78 is 0. The van der Waals surface area contributed by atoms with Gasteiger partial charge in [-0.1, -0.05) is 23.7 Å². The molecule has 5 heteroatoms. The molecule has 102 valence electrons. The van der Waals surface area contributed by atoms with E-state index < -0.39 is 5.41 Å². The van der Waals surface area contributed by atoms with E-state index in [0.717, 1.165) is 24.0 Å². The Morgan fingerprint density at radius 1 is 1.42 bits per heavy atom. The summed E-state index contributed by atoms with van der Waals surface area (Å²) in [5.41, 5.74) is 6.78. The number of halogens is 1. The molecule has 1 aromatic carbocycles. The third-order valence-electron chi connectivity index (χ3n) is 3.66. The maximum atomic E-state index is 11.4. The van der Waals surface area contributed by atoms with Gasteiger partial charge in [-0.25, -0.2) is 0 Å². The van der Waals surface area contributed by atoms with Crippen LogP contribution in [0, 0.1) is 5.41 Å².